The van der Waals surface area contributed by atoms with Crippen LogP contribution in [0.1, 0.15) is 0 Å². The molecule has 0 amide bonds. The molecule has 0 aliphatic heterocycles. The Hall–Kier alpha value is -1.17. The molecule has 0 N–H and O–H groups in total. The third-order valence-corrected chi connectivity index (χ3v) is 2.68. The Morgan fingerprint density at radius 1 is 1.38 bits per heavy atom. The molecule has 86 valence electrons. The predicted octanol–water partition coefficient (Wildman–Crippen LogP) is 1.70. The first-order valence-corrected chi connectivity index (χ1v) is 5.15. The fourth-order valence-corrected chi connectivity index (χ4v) is 1.72. The van der Waals surface area contributed by atoms with Crippen molar-refractivity contribution < 1.29 is 9.47 Å². The maximum Gasteiger partial charge on any atom is 0.174 e. The monoisotopic (exact) mass is 241 g/mol. The van der Waals surface area contributed by atoms with Crippen LogP contribution in [0.3, 0.4) is 0 Å². The number of hydrogen-bond acceptors (Lipinski definition) is 4. The molecule has 6 heteroatoms. The van der Waals surface area contributed by atoms with Crippen LogP contribution in [-0.4, -0.2) is 35.0 Å². The molecule has 5 nitrogen and oxygen atoms in total. The molecule has 0 saturated carbocycles. The van der Waals surface area contributed by atoms with Crippen LogP contribution in [-0.2, 0) is 16.0 Å². The normalized spacial score (nSPS) is 11.5. The zero-order valence-corrected chi connectivity index (χ0v) is 9.81. The number of hydrogen-bond donors (Lipinski definition) is 0. The molecule has 0 unspecified atom stereocenters. The highest BCUT2D eigenvalue weighted by atomic mass is 35.5. The number of nitrogens with zero attached hydrogens (tertiary/aromatic N) is 3. The van der Waals surface area contributed by atoms with E-state index in [0.717, 1.165) is 11.0 Å². The summed E-state index contributed by atoms with van der Waals surface area (Å²) in [5, 5.41) is 1.28. The lowest BCUT2D eigenvalue weighted by Gasteiger charge is -2.14. The molecule has 0 spiro atoms. The van der Waals surface area contributed by atoms with Crippen LogP contribution >= 0.6 is 11.6 Å². The minimum atomic E-state index is -0.302. The van der Waals surface area contributed by atoms with Gasteiger partial charge < -0.3 is 14.0 Å². The second kappa shape index (κ2) is 4.78. The maximum atomic E-state index is 5.95. The Morgan fingerprint density at radius 3 is 2.81 bits per heavy atom. The first-order chi connectivity index (χ1) is 7.76. The lowest BCUT2D eigenvalue weighted by atomic mass is 10.4. The van der Waals surface area contributed by atoms with Crippen LogP contribution < -0.4 is 0 Å². The van der Waals surface area contributed by atoms with Crippen molar-refractivity contribution in [1.82, 2.24) is 14.5 Å². The van der Waals surface area contributed by atoms with Gasteiger partial charge in [0.15, 0.2) is 6.29 Å². The van der Waals surface area contributed by atoms with Gasteiger partial charge in [0.2, 0.25) is 0 Å². The van der Waals surface area contributed by atoms with E-state index in [1.165, 1.54) is 6.33 Å². The minimum absolute atomic E-state index is 0.302. The van der Waals surface area contributed by atoms with E-state index in [1.807, 2.05) is 16.8 Å². The van der Waals surface area contributed by atoms with Gasteiger partial charge in [-0.05, 0) is 6.07 Å². The Morgan fingerprint density at radius 2 is 2.12 bits per heavy atom. The van der Waals surface area contributed by atoms with Crippen LogP contribution in [0.2, 0.25) is 5.15 Å². The van der Waals surface area contributed by atoms with E-state index < -0.39 is 0 Å². The summed E-state index contributed by atoms with van der Waals surface area (Å²) in [4.78, 5) is 8.10. The largest absolute Gasteiger partial charge is 0.354 e. The SMILES string of the molecule is COC(Cn1ccc2c(Cl)ncnc21)OC. The van der Waals surface area contributed by atoms with E-state index in [-0.39, 0.29) is 6.29 Å². The molecule has 2 aromatic heterocycles. The minimum Gasteiger partial charge on any atom is -0.354 e. The predicted molar refractivity (Wildman–Crippen MR) is 60.3 cm³/mol. The number of fused-ring (bicyclic) bond motifs is 1. The highest BCUT2D eigenvalue weighted by molar-refractivity contribution is 6.33. The molecule has 0 atom stereocenters. The summed E-state index contributed by atoms with van der Waals surface area (Å²) >= 11 is 5.95. The van der Waals surface area contributed by atoms with E-state index in [9.17, 15) is 0 Å². The van der Waals surface area contributed by atoms with Crippen molar-refractivity contribution in [1.29, 1.82) is 0 Å². The number of aromatic nitrogens is 3. The van der Waals surface area contributed by atoms with Gasteiger partial charge in [-0.25, -0.2) is 9.97 Å². The smallest absolute Gasteiger partial charge is 0.174 e. The van der Waals surface area contributed by atoms with E-state index in [1.54, 1.807) is 14.2 Å². The first kappa shape index (κ1) is 11.3. The molecule has 0 aliphatic rings. The molecule has 2 aromatic rings. The Kier molecular flexibility index (Phi) is 3.38. The van der Waals surface area contributed by atoms with Crippen LogP contribution in [0.5, 0.6) is 0 Å². The van der Waals surface area contributed by atoms with E-state index in [4.69, 9.17) is 21.1 Å². The molecule has 0 radical (unpaired) electrons. The van der Waals surface area contributed by atoms with Crippen molar-refractivity contribution in [2.75, 3.05) is 14.2 Å². The summed E-state index contributed by atoms with van der Waals surface area (Å²) in [5.41, 5.74) is 0.777. The molecule has 0 saturated heterocycles. The lowest BCUT2D eigenvalue weighted by molar-refractivity contribution is -0.110. The standard InChI is InChI=1S/C10H12ClN3O2/c1-15-8(16-2)5-14-4-3-7-9(11)12-6-13-10(7)14/h3-4,6,8H,5H2,1-2H3. The van der Waals surface area contributed by atoms with Crippen molar-refractivity contribution in [2.24, 2.45) is 0 Å². The topological polar surface area (TPSA) is 49.2 Å². The quantitative estimate of drug-likeness (QED) is 0.604. The average molecular weight is 242 g/mol. The van der Waals surface area contributed by atoms with Crippen molar-refractivity contribution in [3.05, 3.63) is 23.7 Å². The molecule has 0 aromatic carbocycles. The number of halogens is 1. The molecule has 0 fully saturated rings. The Bertz CT molecular complexity index is 482. The third kappa shape index (κ3) is 2.02. The first-order valence-electron chi connectivity index (χ1n) is 4.77. The highest BCUT2D eigenvalue weighted by Crippen LogP contribution is 2.20. The molecule has 16 heavy (non-hydrogen) atoms. The Labute approximate surface area is 98.0 Å². The van der Waals surface area contributed by atoms with Crippen molar-refractivity contribution >= 4 is 22.6 Å². The average Bonchev–Trinajstić information content (AvgIpc) is 2.71. The van der Waals surface area contributed by atoms with Gasteiger partial charge in [-0.2, -0.15) is 0 Å². The number of methoxy groups -OCH3 is 2. The van der Waals surface area contributed by atoms with E-state index >= 15 is 0 Å². The zero-order chi connectivity index (χ0) is 11.5. The summed E-state index contributed by atoms with van der Waals surface area (Å²) in [5.74, 6) is 0. The van der Waals surface area contributed by atoms with Crippen molar-refractivity contribution in [2.45, 2.75) is 12.8 Å². The zero-order valence-electron chi connectivity index (χ0n) is 9.05. The van der Waals surface area contributed by atoms with Gasteiger partial charge in [-0.3, -0.25) is 0 Å². The second-order valence-corrected chi connectivity index (χ2v) is 3.63. The van der Waals surface area contributed by atoms with Gasteiger partial charge in [-0.1, -0.05) is 11.6 Å². The van der Waals surface area contributed by atoms with E-state index in [2.05, 4.69) is 9.97 Å². The summed E-state index contributed by atoms with van der Waals surface area (Å²) in [6.45, 7) is 0.559. The van der Waals surface area contributed by atoms with Crippen LogP contribution in [0, 0.1) is 0 Å². The van der Waals surface area contributed by atoms with Gasteiger partial charge in [0, 0.05) is 20.4 Å². The van der Waals surface area contributed by atoms with Crippen molar-refractivity contribution in [3.63, 3.8) is 0 Å². The van der Waals surface area contributed by atoms with Gasteiger partial charge >= 0.3 is 0 Å². The summed E-state index contributed by atoms with van der Waals surface area (Å²) in [6, 6.07) is 1.88. The van der Waals surface area contributed by atoms with Gasteiger partial charge in [0.1, 0.15) is 17.1 Å². The number of ether oxygens (including phenoxy) is 2. The van der Waals surface area contributed by atoms with Crippen LogP contribution in [0.4, 0.5) is 0 Å². The van der Waals surface area contributed by atoms with Gasteiger partial charge in [0.05, 0.1) is 11.9 Å². The van der Waals surface area contributed by atoms with E-state index in [0.29, 0.717) is 11.7 Å². The van der Waals surface area contributed by atoms with Crippen LogP contribution in [0.15, 0.2) is 18.6 Å². The maximum absolute atomic E-state index is 5.95. The molecule has 2 heterocycles. The molecular formula is C10H12ClN3O2. The third-order valence-electron chi connectivity index (χ3n) is 2.38. The highest BCUT2D eigenvalue weighted by Gasteiger charge is 2.11. The van der Waals surface area contributed by atoms with Crippen molar-refractivity contribution in [3.8, 4) is 0 Å². The summed E-state index contributed by atoms with van der Waals surface area (Å²) in [6.07, 6.45) is 3.02. The lowest BCUT2D eigenvalue weighted by Crippen LogP contribution is -2.20. The fraction of sp³-hybridized carbons (Fsp3) is 0.400. The Balaban J connectivity index is 2.35. The fourth-order valence-electron chi connectivity index (χ4n) is 1.53. The van der Waals surface area contributed by atoms with Crippen LogP contribution in [0.25, 0.3) is 11.0 Å². The number of rotatable bonds is 4. The molecule has 0 bridgehead atoms. The molecular weight excluding hydrogens is 230 g/mol. The second-order valence-electron chi connectivity index (χ2n) is 3.27. The summed E-state index contributed by atoms with van der Waals surface area (Å²) < 4.78 is 12.2. The van der Waals surface area contributed by atoms with Gasteiger partial charge in [0.25, 0.3) is 0 Å². The summed E-state index contributed by atoms with van der Waals surface area (Å²) in [7, 11) is 3.20. The molecule has 2 rings (SSSR count). The van der Waals surface area contributed by atoms with Gasteiger partial charge in [-0.15, -0.1) is 0 Å². The molecule has 0 aliphatic carbocycles.